The molecule has 0 saturated carbocycles. The van der Waals surface area contributed by atoms with Gasteiger partial charge in [-0.25, -0.2) is 0 Å². The number of benzene rings is 2. The van der Waals surface area contributed by atoms with Gasteiger partial charge >= 0.3 is 0 Å². The first kappa shape index (κ1) is 18.8. The largest absolute Gasteiger partial charge is 0.376 e. The average Bonchev–Trinajstić information content (AvgIpc) is 3.28. The molecule has 2 aromatic carbocycles. The molecule has 0 bridgehead atoms. The topological polar surface area (TPSA) is 74.8 Å². The van der Waals surface area contributed by atoms with Gasteiger partial charge in [0.1, 0.15) is 0 Å². The summed E-state index contributed by atoms with van der Waals surface area (Å²) in [6.45, 7) is 2.92. The van der Waals surface area contributed by atoms with Crippen LogP contribution in [-0.4, -0.2) is 44.9 Å². The van der Waals surface area contributed by atoms with Gasteiger partial charge in [0.15, 0.2) is 5.78 Å². The van der Waals surface area contributed by atoms with Crippen LogP contribution in [0.1, 0.15) is 29.0 Å². The SMILES string of the molecule is Cc1ccccc1[C@H](CC(=O)C1=CN(C)CC=C1)c1ccc(-c2nn[nH]n2)cc1. The molecule has 0 spiro atoms. The number of nitrogens with one attached hydrogen (secondary N) is 1. The lowest BCUT2D eigenvalue weighted by Crippen LogP contribution is -2.18. The first-order valence-corrected chi connectivity index (χ1v) is 9.63. The van der Waals surface area contributed by atoms with E-state index in [2.05, 4.69) is 39.7 Å². The second-order valence-electron chi connectivity index (χ2n) is 7.32. The standard InChI is InChI=1S/C23H23N5O/c1-16-6-3-4-8-20(16)21(14-22(29)19-7-5-13-28(2)15-19)17-9-11-18(12-10-17)23-24-26-27-25-23/h3-12,15,21H,13-14H2,1-2H3,(H,24,25,26,27)/t21-/m1/s1. The Labute approximate surface area is 170 Å². The smallest absolute Gasteiger partial charge is 0.204 e. The normalized spacial score (nSPS) is 14.6. The van der Waals surface area contributed by atoms with Gasteiger partial charge in [0.2, 0.25) is 5.82 Å². The number of nitrogens with zero attached hydrogens (tertiary/aromatic N) is 4. The van der Waals surface area contributed by atoms with E-state index in [9.17, 15) is 4.79 Å². The van der Waals surface area contributed by atoms with Crippen LogP contribution in [0.25, 0.3) is 11.4 Å². The molecular weight excluding hydrogens is 362 g/mol. The molecule has 29 heavy (non-hydrogen) atoms. The monoisotopic (exact) mass is 385 g/mol. The summed E-state index contributed by atoms with van der Waals surface area (Å²) < 4.78 is 0. The van der Waals surface area contributed by atoms with Crippen molar-refractivity contribution in [2.24, 2.45) is 0 Å². The highest BCUT2D eigenvalue weighted by atomic mass is 16.1. The zero-order valence-electron chi connectivity index (χ0n) is 16.5. The van der Waals surface area contributed by atoms with Crippen LogP contribution in [0.5, 0.6) is 0 Å². The minimum Gasteiger partial charge on any atom is -0.376 e. The number of rotatable bonds is 6. The fourth-order valence-corrected chi connectivity index (χ4v) is 3.68. The second kappa shape index (κ2) is 8.22. The van der Waals surface area contributed by atoms with Crippen molar-refractivity contribution in [3.05, 3.63) is 89.1 Å². The lowest BCUT2D eigenvalue weighted by molar-refractivity contribution is -0.115. The van der Waals surface area contributed by atoms with Gasteiger partial charge in [-0.3, -0.25) is 4.79 Å². The molecule has 2 heterocycles. The van der Waals surface area contributed by atoms with Crippen molar-refractivity contribution in [1.82, 2.24) is 25.5 Å². The fourth-order valence-electron chi connectivity index (χ4n) is 3.68. The summed E-state index contributed by atoms with van der Waals surface area (Å²) in [5, 5.41) is 14.1. The number of carbonyl (C=O) groups excluding carboxylic acids is 1. The molecule has 1 N–H and O–H groups in total. The molecule has 3 aromatic rings. The first-order valence-electron chi connectivity index (χ1n) is 9.63. The van der Waals surface area contributed by atoms with E-state index in [1.54, 1.807) is 0 Å². The molecule has 1 aliphatic rings. The molecule has 0 unspecified atom stereocenters. The number of tetrazole rings is 1. The van der Waals surface area contributed by atoms with Crippen molar-refractivity contribution in [1.29, 1.82) is 0 Å². The second-order valence-corrected chi connectivity index (χ2v) is 7.32. The highest BCUT2D eigenvalue weighted by Crippen LogP contribution is 2.32. The summed E-state index contributed by atoms with van der Waals surface area (Å²) in [5.41, 5.74) is 5.08. The molecule has 146 valence electrons. The van der Waals surface area contributed by atoms with Crippen LogP contribution >= 0.6 is 0 Å². The molecule has 0 amide bonds. The number of ketones is 1. The highest BCUT2D eigenvalue weighted by Gasteiger charge is 2.22. The van der Waals surface area contributed by atoms with Crippen molar-refractivity contribution in [2.45, 2.75) is 19.3 Å². The average molecular weight is 385 g/mol. The third kappa shape index (κ3) is 4.16. The zero-order valence-corrected chi connectivity index (χ0v) is 16.5. The van der Waals surface area contributed by atoms with Gasteiger partial charge in [0, 0.05) is 43.3 Å². The number of allylic oxidation sites excluding steroid dienone is 2. The lowest BCUT2D eigenvalue weighted by Gasteiger charge is -2.22. The summed E-state index contributed by atoms with van der Waals surface area (Å²) in [4.78, 5) is 15.1. The Kier molecular flexibility index (Phi) is 5.33. The maximum absolute atomic E-state index is 13.1. The van der Waals surface area contributed by atoms with Gasteiger partial charge in [-0.05, 0) is 28.8 Å². The van der Waals surface area contributed by atoms with Gasteiger partial charge in [-0.1, -0.05) is 60.7 Å². The third-order valence-corrected chi connectivity index (χ3v) is 5.24. The summed E-state index contributed by atoms with van der Waals surface area (Å²) in [6, 6.07) is 16.3. The number of Topliss-reactive ketones (excluding diaryl/α,β-unsaturated/α-hetero) is 1. The maximum Gasteiger partial charge on any atom is 0.204 e. The molecule has 0 saturated heterocycles. The quantitative estimate of drug-likeness (QED) is 0.701. The molecule has 1 aliphatic heterocycles. The highest BCUT2D eigenvalue weighted by molar-refractivity contribution is 5.98. The summed E-state index contributed by atoms with van der Waals surface area (Å²) in [7, 11) is 1.98. The van der Waals surface area contributed by atoms with E-state index < -0.39 is 0 Å². The van der Waals surface area contributed by atoms with Crippen LogP contribution in [-0.2, 0) is 4.79 Å². The summed E-state index contributed by atoms with van der Waals surface area (Å²) in [6.07, 6.45) is 6.29. The first-order chi connectivity index (χ1) is 14.1. The number of aromatic nitrogens is 4. The van der Waals surface area contributed by atoms with Crippen LogP contribution in [0.3, 0.4) is 0 Å². The van der Waals surface area contributed by atoms with Crippen LogP contribution in [0.2, 0.25) is 0 Å². The third-order valence-electron chi connectivity index (χ3n) is 5.24. The molecule has 0 fully saturated rings. The van der Waals surface area contributed by atoms with E-state index in [0.29, 0.717) is 12.2 Å². The van der Waals surface area contributed by atoms with Crippen molar-refractivity contribution in [3.8, 4) is 11.4 Å². The zero-order chi connectivity index (χ0) is 20.2. The summed E-state index contributed by atoms with van der Waals surface area (Å²) >= 11 is 0. The predicted octanol–water partition coefficient (Wildman–Crippen LogP) is 3.65. The van der Waals surface area contributed by atoms with Crippen LogP contribution in [0, 0.1) is 6.92 Å². The molecule has 6 heteroatoms. The fraction of sp³-hybridized carbons (Fsp3) is 0.217. The van der Waals surface area contributed by atoms with Gasteiger partial charge in [0.25, 0.3) is 0 Å². The predicted molar refractivity (Wildman–Crippen MR) is 112 cm³/mol. The molecule has 4 rings (SSSR count). The summed E-state index contributed by atoms with van der Waals surface area (Å²) in [5.74, 6) is 0.674. The Balaban J connectivity index is 1.67. The minimum atomic E-state index is -0.0236. The number of aryl methyl sites for hydroxylation is 1. The number of likely N-dealkylation sites (N-methyl/N-ethyl adjacent to an activating group) is 1. The Morgan fingerprint density at radius 2 is 1.97 bits per heavy atom. The Morgan fingerprint density at radius 1 is 1.17 bits per heavy atom. The lowest BCUT2D eigenvalue weighted by atomic mass is 9.83. The molecule has 0 aliphatic carbocycles. The number of hydrogen-bond acceptors (Lipinski definition) is 5. The van der Waals surface area contributed by atoms with E-state index in [1.807, 2.05) is 66.7 Å². The van der Waals surface area contributed by atoms with Gasteiger partial charge < -0.3 is 4.90 Å². The molecule has 6 nitrogen and oxygen atoms in total. The Morgan fingerprint density at radius 3 is 2.66 bits per heavy atom. The number of H-pyrrole nitrogens is 1. The van der Waals surface area contributed by atoms with E-state index in [-0.39, 0.29) is 11.7 Å². The van der Waals surface area contributed by atoms with Crippen LogP contribution in [0.4, 0.5) is 0 Å². The minimum absolute atomic E-state index is 0.0236. The molecule has 1 atom stereocenters. The Hall–Kier alpha value is -3.54. The van der Waals surface area contributed by atoms with Gasteiger partial charge in [-0.15, -0.1) is 10.2 Å². The Bertz CT molecular complexity index is 1050. The van der Waals surface area contributed by atoms with Gasteiger partial charge in [0.05, 0.1) is 0 Å². The molecular formula is C23H23N5O. The van der Waals surface area contributed by atoms with Gasteiger partial charge in [-0.2, -0.15) is 5.21 Å². The number of aromatic amines is 1. The van der Waals surface area contributed by atoms with E-state index >= 15 is 0 Å². The maximum atomic E-state index is 13.1. The molecule has 0 radical (unpaired) electrons. The molecule has 1 aromatic heterocycles. The van der Waals surface area contributed by atoms with Crippen molar-refractivity contribution in [3.63, 3.8) is 0 Å². The number of carbonyl (C=O) groups is 1. The van der Waals surface area contributed by atoms with Crippen LogP contribution in [0.15, 0.2) is 72.5 Å². The van der Waals surface area contributed by atoms with Crippen molar-refractivity contribution < 1.29 is 4.79 Å². The van der Waals surface area contributed by atoms with E-state index in [4.69, 9.17) is 0 Å². The van der Waals surface area contributed by atoms with Crippen LogP contribution < -0.4 is 0 Å². The van der Waals surface area contributed by atoms with Crippen molar-refractivity contribution >= 4 is 5.78 Å². The van der Waals surface area contributed by atoms with E-state index in [1.165, 1.54) is 11.1 Å². The number of hydrogen-bond donors (Lipinski definition) is 1. The van der Waals surface area contributed by atoms with Crippen molar-refractivity contribution in [2.75, 3.05) is 13.6 Å². The van der Waals surface area contributed by atoms with E-state index in [0.717, 1.165) is 23.2 Å².